The molecule has 1 amide bonds. The van der Waals surface area contributed by atoms with Crippen molar-refractivity contribution < 1.29 is 9.53 Å². The summed E-state index contributed by atoms with van der Waals surface area (Å²) in [5.41, 5.74) is 0.518. The molecule has 2 saturated heterocycles. The summed E-state index contributed by atoms with van der Waals surface area (Å²) in [6, 6.07) is 0.829. The number of thiazole rings is 1. The number of hydrogen-bond donors (Lipinski definition) is 2. The zero-order valence-corrected chi connectivity index (χ0v) is 16.6. The normalized spacial score (nSPS) is 24.7. The van der Waals surface area contributed by atoms with Gasteiger partial charge in [-0.2, -0.15) is 0 Å². The minimum atomic E-state index is -0.0484. The molecule has 1 aromatic rings. The summed E-state index contributed by atoms with van der Waals surface area (Å²) >= 11 is 1.46. The number of ether oxygens (including phenoxy) is 1. The molecule has 142 valence electrons. The van der Waals surface area contributed by atoms with E-state index in [-0.39, 0.29) is 24.4 Å². The van der Waals surface area contributed by atoms with E-state index >= 15 is 0 Å². The van der Waals surface area contributed by atoms with Crippen LogP contribution >= 0.6 is 23.7 Å². The lowest BCUT2D eigenvalue weighted by Gasteiger charge is -2.31. The van der Waals surface area contributed by atoms with E-state index < -0.39 is 0 Å². The minimum Gasteiger partial charge on any atom is -0.381 e. The van der Waals surface area contributed by atoms with Crippen molar-refractivity contribution in [2.24, 2.45) is 5.92 Å². The molecule has 0 unspecified atom stereocenters. The van der Waals surface area contributed by atoms with Gasteiger partial charge in [0.25, 0.3) is 5.91 Å². The molecule has 2 fully saturated rings. The zero-order chi connectivity index (χ0) is 16.9. The lowest BCUT2D eigenvalue weighted by Crippen LogP contribution is -2.42. The topological polar surface area (TPSA) is 66.5 Å². The fraction of sp³-hybridized carbons (Fsp3) is 0.765. The molecule has 0 radical (unpaired) electrons. The highest BCUT2D eigenvalue weighted by Crippen LogP contribution is 2.27. The van der Waals surface area contributed by atoms with Crippen LogP contribution in [0.2, 0.25) is 0 Å². The van der Waals surface area contributed by atoms with Gasteiger partial charge in [0, 0.05) is 50.8 Å². The highest BCUT2D eigenvalue weighted by Gasteiger charge is 2.37. The summed E-state index contributed by atoms with van der Waals surface area (Å²) in [4.78, 5) is 19.4. The molecule has 0 aromatic carbocycles. The Morgan fingerprint density at radius 2 is 2.16 bits per heavy atom. The van der Waals surface area contributed by atoms with E-state index in [1.807, 2.05) is 12.4 Å². The third-order valence-corrected chi connectivity index (χ3v) is 5.96. The van der Waals surface area contributed by atoms with Gasteiger partial charge < -0.3 is 15.4 Å². The standard InChI is InChI=1S/C17H28N4O2S.ClH/c1-3-4-12-9-21(13-5-7-23-8-6-13)10-14(12)19-16(22)15-11-24-17(18-2)20-15;/h11-14H,3-10H2,1-2H3,(H,18,20)(H,19,22);1H/t12-,14-;/m0./s1. The maximum absolute atomic E-state index is 12.5. The second kappa shape index (κ2) is 9.71. The molecule has 3 rings (SSSR count). The zero-order valence-electron chi connectivity index (χ0n) is 15.0. The van der Waals surface area contributed by atoms with Gasteiger partial charge in [-0.05, 0) is 25.2 Å². The Hall–Kier alpha value is -0.890. The Kier molecular flexibility index (Phi) is 7.93. The quantitative estimate of drug-likeness (QED) is 0.784. The number of nitrogens with one attached hydrogen (secondary N) is 2. The number of anilines is 1. The molecule has 0 aliphatic carbocycles. The average Bonchev–Trinajstić information content (AvgIpc) is 3.23. The van der Waals surface area contributed by atoms with E-state index in [1.165, 1.54) is 11.3 Å². The van der Waals surface area contributed by atoms with E-state index in [0.717, 1.165) is 57.1 Å². The number of carbonyl (C=O) groups is 1. The fourth-order valence-corrected chi connectivity index (χ4v) is 4.47. The van der Waals surface area contributed by atoms with Gasteiger partial charge in [0.05, 0.1) is 0 Å². The molecule has 6 nitrogen and oxygen atoms in total. The van der Waals surface area contributed by atoms with Crippen molar-refractivity contribution in [2.45, 2.75) is 44.7 Å². The van der Waals surface area contributed by atoms with Crippen LogP contribution in [0.5, 0.6) is 0 Å². The van der Waals surface area contributed by atoms with Crippen LogP contribution in [0.4, 0.5) is 5.13 Å². The number of halogens is 1. The lowest BCUT2D eigenvalue weighted by molar-refractivity contribution is 0.0405. The highest BCUT2D eigenvalue weighted by atomic mass is 35.5. The number of likely N-dealkylation sites (tertiary alicyclic amines) is 1. The van der Waals surface area contributed by atoms with E-state index in [4.69, 9.17) is 4.74 Å². The summed E-state index contributed by atoms with van der Waals surface area (Å²) in [5, 5.41) is 8.82. The van der Waals surface area contributed by atoms with Crippen molar-refractivity contribution in [1.82, 2.24) is 15.2 Å². The van der Waals surface area contributed by atoms with Crippen LogP contribution in [0.15, 0.2) is 5.38 Å². The monoisotopic (exact) mass is 388 g/mol. The molecule has 3 heterocycles. The summed E-state index contributed by atoms with van der Waals surface area (Å²) in [5.74, 6) is 0.483. The average molecular weight is 389 g/mol. The summed E-state index contributed by atoms with van der Waals surface area (Å²) in [7, 11) is 1.82. The first-order chi connectivity index (χ1) is 11.7. The Labute approximate surface area is 160 Å². The first-order valence-electron chi connectivity index (χ1n) is 8.97. The number of rotatable bonds is 6. The molecule has 0 saturated carbocycles. The third kappa shape index (κ3) is 5.06. The molecule has 2 aliphatic rings. The van der Waals surface area contributed by atoms with Crippen LogP contribution in [0.1, 0.15) is 43.1 Å². The predicted molar refractivity (Wildman–Crippen MR) is 104 cm³/mol. The minimum absolute atomic E-state index is 0. The van der Waals surface area contributed by atoms with Gasteiger partial charge in [-0.15, -0.1) is 23.7 Å². The number of aromatic nitrogens is 1. The van der Waals surface area contributed by atoms with Crippen LogP contribution in [-0.4, -0.2) is 61.2 Å². The fourth-order valence-electron chi connectivity index (χ4n) is 3.82. The van der Waals surface area contributed by atoms with Crippen molar-refractivity contribution in [3.63, 3.8) is 0 Å². The van der Waals surface area contributed by atoms with E-state index in [1.54, 1.807) is 0 Å². The van der Waals surface area contributed by atoms with Gasteiger partial charge in [-0.25, -0.2) is 4.98 Å². The van der Waals surface area contributed by atoms with Crippen molar-refractivity contribution in [3.05, 3.63) is 11.1 Å². The third-order valence-electron chi connectivity index (χ3n) is 5.10. The van der Waals surface area contributed by atoms with Crippen LogP contribution in [0.3, 0.4) is 0 Å². The van der Waals surface area contributed by atoms with Crippen molar-refractivity contribution in [1.29, 1.82) is 0 Å². The van der Waals surface area contributed by atoms with E-state index in [9.17, 15) is 4.79 Å². The Morgan fingerprint density at radius 3 is 2.80 bits per heavy atom. The van der Waals surface area contributed by atoms with Crippen molar-refractivity contribution in [2.75, 3.05) is 38.7 Å². The molecule has 0 spiro atoms. The van der Waals surface area contributed by atoms with Crippen LogP contribution in [0.25, 0.3) is 0 Å². The first kappa shape index (κ1) is 20.4. The molecular formula is C17H29ClN4O2S. The number of hydrogen-bond acceptors (Lipinski definition) is 6. The maximum atomic E-state index is 12.5. The summed E-state index contributed by atoms with van der Waals surface area (Å²) in [6.45, 7) is 5.98. The van der Waals surface area contributed by atoms with Gasteiger partial charge in [0.15, 0.2) is 5.13 Å². The first-order valence-corrected chi connectivity index (χ1v) is 9.85. The van der Waals surface area contributed by atoms with Gasteiger partial charge in [0.1, 0.15) is 5.69 Å². The lowest BCUT2D eigenvalue weighted by atomic mass is 9.98. The molecule has 25 heavy (non-hydrogen) atoms. The van der Waals surface area contributed by atoms with Crippen LogP contribution < -0.4 is 10.6 Å². The van der Waals surface area contributed by atoms with Crippen molar-refractivity contribution >= 4 is 34.8 Å². The second-order valence-corrected chi connectivity index (χ2v) is 7.57. The summed E-state index contributed by atoms with van der Waals surface area (Å²) < 4.78 is 5.49. The van der Waals surface area contributed by atoms with Gasteiger partial charge in [-0.3, -0.25) is 9.69 Å². The summed E-state index contributed by atoms with van der Waals surface area (Å²) in [6.07, 6.45) is 4.52. The Bertz CT molecular complexity index is 551. The number of nitrogens with zero attached hydrogens (tertiary/aromatic N) is 2. The van der Waals surface area contributed by atoms with E-state index in [2.05, 4.69) is 27.4 Å². The van der Waals surface area contributed by atoms with Gasteiger partial charge >= 0.3 is 0 Å². The largest absolute Gasteiger partial charge is 0.381 e. The predicted octanol–water partition coefficient (Wildman–Crippen LogP) is 2.62. The molecule has 2 N–H and O–H groups in total. The molecular weight excluding hydrogens is 360 g/mol. The SMILES string of the molecule is CCC[C@H]1CN(C2CCOCC2)C[C@@H]1NC(=O)c1csc(NC)n1.Cl. The smallest absolute Gasteiger partial charge is 0.271 e. The van der Waals surface area contributed by atoms with Gasteiger partial charge in [0.2, 0.25) is 0 Å². The molecule has 1 aromatic heterocycles. The maximum Gasteiger partial charge on any atom is 0.271 e. The molecule has 2 atom stereocenters. The second-order valence-electron chi connectivity index (χ2n) is 6.71. The van der Waals surface area contributed by atoms with Gasteiger partial charge in [-0.1, -0.05) is 13.3 Å². The molecule has 2 aliphatic heterocycles. The van der Waals surface area contributed by atoms with Crippen LogP contribution in [-0.2, 0) is 4.74 Å². The highest BCUT2D eigenvalue weighted by molar-refractivity contribution is 7.13. The number of amides is 1. The van der Waals surface area contributed by atoms with Crippen LogP contribution in [0, 0.1) is 5.92 Å². The Balaban J connectivity index is 0.00000225. The van der Waals surface area contributed by atoms with Crippen molar-refractivity contribution in [3.8, 4) is 0 Å². The number of carbonyl (C=O) groups excluding carboxylic acids is 1. The molecule has 8 heteroatoms. The van der Waals surface area contributed by atoms with E-state index in [0.29, 0.717) is 17.7 Å². The molecule has 0 bridgehead atoms. The Morgan fingerprint density at radius 1 is 1.40 bits per heavy atom.